The minimum atomic E-state index is -0.552. The molecule has 0 saturated carbocycles. The summed E-state index contributed by atoms with van der Waals surface area (Å²) in [6.07, 6.45) is 1.02. The van der Waals surface area contributed by atoms with Crippen LogP contribution in [0.3, 0.4) is 0 Å². The van der Waals surface area contributed by atoms with E-state index in [0.717, 1.165) is 34.4 Å². The number of carbonyl (C=O) groups excluding carboxylic acids is 2. The van der Waals surface area contributed by atoms with Gasteiger partial charge in [-0.05, 0) is 56.4 Å². The summed E-state index contributed by atoms with van der Waals surface area (Å²) in [5, 5.41) is 11.6. The molecule has 160 valence electrons. The zero-order valence-electron chi connectivity index (χ0n) is 17.5. The van der Waals surface area contributed by atoms with Crippen molar-refractivity contribution in [1.29, 1.82) is 0 Å². The van der Waals surface area contributed by atoms with Gasteiger partial charge in [0.05, 0.1) is 40.7 Å². The Kier molecular flexibility index (Phi) is 4.37. The fourth-order valence-corrected chi connectivity index (χ4v) is 5.06. The number of ether oxygens (including phenoxy) is 2. The number of anilines is 1. The standard InChI is InChI=1S/C23H22N2O6/c1-11-6-12(2)13(3)19(7-11)30-16-9-14(8-15(10-16)25(28)29)24-22(26)20-17-4-5-18(31-17)21(20)23(24)27/h6-10,17-18,20-21H,4-5H2,1-3H3/t17-,18+,20-,21+. The molecule has 0 radical (unpaired) electrons. The van der Waals surface area contributed by atoms with Crippen LogP contribution in [0.25, 0.3) is 0 Å². The van der Waals surface area contributed by atoms with Crippen molar-refractivity contribution in [2.75, 3.05) is 4.90 Å². The molecule has 8 nitrogen and oxygen atoms in total. The molecule has 31 heavy (non-hydrogen) atoms. The minimum Gasteiger partial charge on any atom is -0.457 e. The van der Waals surface area contributed by atoms with Gasteiger partial charge in [0.1, 0.15) is 11.5 Å². The number of fused-ring (bicyclic) bond motifs is 5. The summed E-state index contributed by atoms with van der Waals surface area (Å²) in [4.78, 5) is 38.3. The van der Waals surface area contributed by atoms with Gasteiger partial charge in [0.15, 0.2) is 0 Å². The summed E-state index contributed by atoms with van der Waals surface area (Å²) in [6, 6.07) is 7.95. The van der Waals surface area contributed by atoms with E-state index >= 15 is 0 Å². The number of hydrogen-bond acceptors (Lipinski definition) is 6. The Balaban J connectivity index is 1.55. The largest absolute Gasteiger partial charge is 0.457 e. The van der Waals surface area contributed by atoms with Gasteiger partial charge >= 0.3 is 0 Å². The molecule has 2 bridgehead atoms. The number of nitro benzene ring substituents is 1. The van der Waals surface area contributed by atoms with Crippen LogP contribution in [-0.4, -0.2) is 28.9 Å². The first kappa shape index (κ1) is 19.7. The molecule has 3 saturated heterocycles. The Hall–Kier alpha value is -3.26. The van der Waals surface area contributed by atoms with Gasteiger partial charge in [0.2, 0.25) is 11.8 Å². The molecule has 0 spiro atoms. The Morgan fingerprint density at radius 1 is 1.00 bits per heavy atom. The molecule has 4 atom stereocenters. The van der Waals surface area contributed by atoms with Crippen molar-refractivity contribution < 1.29 is 24.0 Å². The lowest BCUT2D eigenvalue weighted by Gasteiger charge is -2.19. The van der Waals surface area contributed by atoms with Crippen molar-refractivity contribution in [3.05, 3.63) is 57.1 Å². The highest BCUT2D eigenvalue weighted by atomic mass is 16.6. The van der Waals surface area contributed by atoms with Crippen LogP contribution in [0.2, 0.25) is 0 Å². The first-order valence-corrected chi connectivity index (χ1v) is 10.3. The molecule has 2 aromatic carbocycles. The average molecular weight is 422 g/mol. The lowest BCUT2D eigenvalue weighted by atomic mass is 9.81. The lowest BCUT2D eigenvalue weighted by Crippen LogP contribution is -2.34. The smallest absolute Gasteiger partial charge is 0.275 e. The van der Waals surface area contributed by atoms with Crippen LogP contribution in [-0.2, 0) is 14.3 Å². The predicted molar refractivity (Wildman–Crippen MR) is 111 cm³/mol. The third-order valence-electron chi connectivity index (χ3n) is 6.62. The number of amides is 2. The summed E-state index contributed by atoms with van der Waals surface area (Å²) in [6.45, 7) is 5.81. The highest BCUT2D eigenvalue weighted by Crippen LogP contribution is 2.50. The Bertz CT molecular complexity index is 1120. The molecule has 3 aliphatic heterocycles. The van der Waals surface area contributed by atoms with E-state index in [2.05, 4.69) is 0 Å². The van der Waals surface area contributed by atoms with Gasteiger partial charge in [0.25, 0.3) is 5.69 Å². The summed E-state index contributed by atoms with van der Waals surface area (Å²) >= 11 is 0. The number of rotatable bonds is 4. The highest BCUT2D eigenvalue weighted by molar-refractivity contribution is 6.23. The van der Waals surface area contributed by atoms with Gasteiger partial charge in [-0.2, -0.15) is 0 Å². The van der Waals surface area contributed by atoms with Crippen molar-refractivity contribution >= 4 is 23.2 Å². The average Bonchev–Trinajstić information content (AvgIpc) is 3.39. The third kappa shape index (κ3) is 3.01. The first-order chi connectivity index (χ1) is 14.7. The zero-order chi connectivity index (χ0) is 22.0. The Morgan fingerprint density at radius 3 is 2.26 bits per heavy atom. The molecular weight excluding hydrogens is 400 g/mol. The summed E-state index contributed by atoms with van der Waals surface area (Å²) in [7, 11) is 0. The van der Waals surface area contributed by atoms with E-state index in [9.17, 15) is 19.7 Å². The molecular formula is C23H22N2O6. The quantitative estimate of drug-likeness (QED) is 0.420. The second kappa shape index (κ2) is 6.88. The summed E-state index contributed by atoms with van der Waals surface area (Å²) in [5.74, 6) is -0.930. The lowest BCUT2D eigenvalue weighted by molar-refractivity contribution is -0.384. The monoisotopic (exact) mass is 422 g/mol. The predicted octanol–water partition coefficient (Wildman–Crippen LogP) is 3.98. The van der Waals surface area contributed by atoms with Crippen LogP contribution in [0.15, 0.2) is 30.3 Å². The minimum absolute atomic E-state index is 0.162. The van der Waals surface area contributed by atoms with Gasteiger partial charge in [-0.1, -0.05) is 6.07 Å². The highest BCUT2D eigenvalue weighted by Gasteiger charge is 2.62. The number of aryl methyl sites for hydroxylation is 2. The number of nitro groups is 1. The number of imide groups is 1. The van der Waals surface area contributed by atoms with Gasteiger partial charge in [0, 0.05) is 12.1 Å². The second-order valence-corrected chi connectivity index (χ2v) is 8.60. The molecule has 3 heterocycles. The maximum absolute atomic E-state index is 13.1. The maximum Gasteiger partial charge on any atom is 0.275 e. The van der Waals surface area contributed by atoms with E-state index in [4.69, 9.17) is 9.47 Å². The van der Waals surface area contributed by atoms with Crippen molar-refractivity contribution in [2.24, 2.45) is 11.8 Å². The van der Waals surface area contributed by atoms with Crippen molar-refractivity contribution in [3.63, 3.8) is 0 Å². The van der Waals surface area contributed by atoms with Crippen molar-refractivity contribution in [2.45, 2.75) is 45.8 Å². The Labute approximate surface area is 178 Å². The fraction of sp³-hybridized carbons (Fsp3) is 0.391. The molecule has 0 aliphatic carbocycles. The molecule has 2 amide bonds. The summed E-state index contributed by atoms with van der Waals surface area (Å²) < 4.78 is 11.8. The van der Waals surface area contributed by atoms with Crippen LogP contribution >= 0.6 is 0 Å². The van der Waals surface area contributed by atoms with Gasteiger partial charge in [-0.3, -0.25) is 19.7 Å². The SMILES string of the molecule is Cc1cc(C)c(C)c(Oc2cc(N3C(=O)[C@@H]4[C@H](C3=O)[C@H]3CC[C@@H]4O3)cc([N+](=O)[O-])c2)c1. The molecule has 3 fully saturated rings. The summed E-state index contributed by atoms with van der Waals surface area (Å²) in [5.41, 5.74) is 2.86. The molecule has 5 rings (SSSR count). The van der Waals surface area contributed by atoms with Crippen LogP contribution in [0.1, 0.15) is 29.5 Å². The number of carbonyl (C=O) groups is 2. The number of benzene rings is 2. The third-order valence-corrected chi connectivity index (χ3v) is 6.62. The number of nitrogens with zero attached hydrogens (tertiary/aromatic N) is 2. The van der Waals surface area contributed by atoms with Crippen molar-refractivity contribution in [1.82, 2.24) is 0 Å². The van der Waals surface area contributed by atoms with Crippen molar-refractivity contribution in [3.8, 4) is 11.5 Å². The topological polar surface area (TPSA) is 99.0 Å². The number of non-ortho nitro benzene ring substituents is 1. The van der Waals surface area contributed by atoms with Crippen LogP contribution in [0.5, 0.6) is 11.5 Å². The molecule has 0 aromatic heterocycles. The van der Waals surface area contributed by atoms with Crippen LogP contribution in [0, 0.1) is 42.7 Å². The second-order valence-electron chi connectivity index (χ2n) is 8.60. The van der Waals surface area contributed by atoms with E-state index < -0.39 is 16.8 Å². The molecule has 0 N–H and O–H groups in total. The molecule has 2 aromatic rings. The van der Waals surface area contributed by atoms with E-state index in [1.807, 2.05) is 32.9 Å². The maximum atomic E-state index is 13.1. The first-order valence-electron chi connectivity index (χ1n) is 10.3. The van der Waals surface area contributed by atoms with E-state index in [-0.39, 0.29) is 41.1 Å². The van der Waals surface area contributed by atoms with Crippen LogP contribution in [0.4, 0.5) is 11.4 Å². The molecule has 3 aliphatic rings. The fourth-order valence-electron chi connectivity index (χ4n) is 5.06. The van der Waals surface area contributed by atoms with Gasteiger partial charge in [-0.15, -0.1) is 0 Å². The van der Waals surface area contributed by atoms with E-state index in [0.29, 0.717) is 5.75 Å². The van der Waals surface area contributed by atoms with Crippen LogP contribution < -0.4 is 9.64 Å². The van der Waals surface area contributed by atoms with Gasteiger partial charge < -0.3 is 9.47 Å². The zero-order valence-corrected chi connectivity index (χ0v) is 17.5. The van der Waals surface area contributed by atoms with Gasteiger partial charge in [-0.25, -0.2) is 4.90 Å². The molecule has 0 unspecified atom stereocenters. The molecule has 8 heteroatoms. The Morgan fingerprint density at radius 2 is 1.65 bits per heavy atom. The van der Waals surface area contributed by atoms with E-state index in [1.54, 1.807) is 0 Å². The normalized spacial score (nSPS) is 26.5. The number of hydrogen-bond donors (Lipinski definition) is 0. The van der Waals surface area contributed by atoms with E-state index in [1.165, 1.54) is 18.2 Å².